The van der Waals surface area contributed by atoms with E-state index in [2.05, 4.69) is 4.98 Å². The molecule has 21 heavy (non-hydrogen) atoms. The van der Waals surface area contributed by atoms with Crippen molar-refractivity contribution in [3.8, 4) is 5.69 Å². The number of nitrogens with two attached hydrogens (primary N) is 1. The first kappa shape index (κ1) is 13.2. The lowest BCUT2D eigenvalue weighted by atomic mass is 10.1. The molecule has 106 valence electrons. The SMILES string of the molecule is Cc1ccc2nc(N)n(-c3c(F)cccc3F)c(=O)c2c1. The van der Waals surface area contributed by atoms with E-state index >= 15 is 0 Å². The molecular formula is C15H11F2N3O. The molecule has 6 heteroatoms. The lowest BCUT2D eigenvalue weighted by molar-refractivity contribution is 0.567. The van der Waals surface area contributed by atoms with E-state index in [0.29, 0.717) is 5.52 Å². The summed E-state index contributed by atoms with van der Waals surface area (Å²) in [5.74, 6) is -2.02. The third-order valence-electron chi connectivity index (χ3n) is 3.21. The molecule has 0 saturated heterocycles. The minimum atomic E-state index is -0.877. The Balaban J connectivity index is 2.46. The van der Waals surface area contributed by atoms with Gasteiger partial charge in [0, 0.05) is 0 Å². The van der Waals surface area contributed by atoms with Crippen LogP contribution < -0.4 is 11.3 Å². The van der Waals surface area contributed by atoms with Gasteiger partial charge >= 0.3 is 0 Å². The molecule has 0 aliphatic rings. The maximum absolute atomic E-state index is 13.9. The van der Waals surface area contributed by atoms with Gasteiger partial charge in [0.25, 0.3) is 5.56 Å². The highest BCUT2D eigenvalue weighted by atomic mass is 19.1. The third kappa shape index (κ3) is 2.05. The largest absolute Gasteiger partial charge is 0.369 e. The van der Waals surface area contributed by atoms with E-state index in [9.17, 15) is 13.6 Å². The molecule has 1 aromatic heterocycles. The zero-order chi connectivity index (χ0) is 15.1. The number of benzene rings is 2. The van der Waals surface area contributed by atoms with E-state index < -0.39 is 22.9 Å². The number of rotatable bonds is 1. The monoisotopic (exact) mass is 287 g/mol. The van der Waals surface area contributed by atoms with Crippen LogP contribution in [0.1, 0.15) is 5.56 Å². The third-order valence-corrected chi connectivity index (χ3v) is 3.21. The van der Waals surface area contributed by atoms with Gasteiger partial charge in [0.05, 0.1) is 10.9 Å². The van der Waals surface area contributed by atoms with Crippen molar-refractivity contribution in [1.29, 1.82) is 0 Å². The van der Waals surface area contributed by atoms with Gasteiger partial charge in [-0.1, -0.05) is 17.7 Å². The van der Waals surface area contributed by atoms with Gasteiger partial charge in [0.1, 0.15) is 17.3 Å². The number of aryl methyl sites for hydroxylation is 1. The summed E-state index contributed by atoms with van der Waals surface area (Å²) in [6.45, 7) is 1.81. The second-order valence-corrected chi connectivity index (χ2v) is 4.70. The highest BCUT2D eigenvalue weighted by Gasteiger charge is 2.17. The molecule has 0 atom stereocenters. The van der Waals surface area contributed by atoms with Crippen LogP contribution in [-0.4, -0.2) is 9.55 Å². The maximum atomic E-state index is 13.9. The van der Waals surface area contributed by atoms with E-state index in [4.69, 9.17) is 5.73 Å². The van der Waals surface area contributed by atoms with Gasteiger partial charge in [0.2, 0.25) is 5.95 Å². The fourth-order valence-electron chi connectivity index (χ4n) is 2.24. The highest BCUT2D eigenvalue weighted by Crippen LogP contribution is 2.20. The molecule has 2 aromatic carbocycles. The van der Waals surface area contributed by atoms with Crippen molar-refractivity contribution in [2.45, 2.75) is 6.92 Å². The van der Waals surface area contributed by atoms with Crippen LogP contribution in [0.2, 0.25) is 0 Å². The summed E-state index contributed by atoms with van der Waals surface area (Å²) >= 11 is 0. The molecule has 3 aromatic rings. The average molecular weight is 287 g/mol. The topological polar surface area (TPSA) is 60.9 Å². The Morgan fingerprint density at radius 3 is 2.48 bits per heavy atom. The van der Waals surface area contributed by atoms with Crippen LogP contribution in [0, 0.1) is 18.6 Å². The summed E-state index contributed by atoms with van der Waals surface area (Å²) in [5.41, 5.74) is 5.81. The van der Waals surface area contributed by atoms with Gasteiger partial charge in [-0.15, -0.1) is 0 Å². The number of nitrogen functional groups attached to an aromatic ring is 1. The Labute approximate surface area is 118 Å². The lowest BCUT2D eigenvalue weighted by Gasteiger charge is -2.12. The first-order chi connectivity index (χ1) is 9.99. The van der Waals surface area contributed by atoms with Gasteiger partial charge in [-0.05, 0) is 31.2 Å². The van der Waals surface area contributed by atoms with Crippen LogP contribution in [0.5, 0.6) is 0 Å². The molecule has 0 amide bonds. The van der Waals surface area contributed by atoms with Gasteiger partial charge in [0.15, 0.2) is 0 Å². The number of fused-ring (bicyclic) bond motifs is 1. The quantitative estimate of drug-likeness (QED) is 0.748. The van der Waals surface area contributed by atoms with Crippen molar-refractivity contribution in [2.75, 3.05) is 5.73 Å². The number of hydrogen-bond acceptors (Lipinski definition) is 3. The molecule has 0 aliphatic carbocycles. The molecule has 0 aliphatic heterocycles. The molecule has 0 radical (unpaired) electrons. The van der Waals surface area contributed by atoms with Gasteiger partial charge in [-0.2, -0.15) is 0 Å². The minimum absolute atomic E-state index is 0.256. The van der Waals surface area contributed by atoms with Crippen molar-refractivity contribution >= 4 is 16.9 Å². The van der Waals surface area contributed by atoms with Crippen molar-refractivity contribution in [3.05, 3.63) is 63.9 Å². The molecule has 0 saturated carbocycles. The minimum Gasteiger partial charge on any atom is -0.369 e. The number of nitrogens with zero attached hydrogens (tertiary/aromatic N) is 2. The first-order valence-electron chi connectivity index (χ1n) is 6.22. The molecule has 0 bridgehead atoms. The van der Waals surface area contributed by atoms with E-state index in [1.807, 2.05) is 6.92 Å². The Morgan fingerprint density at radius 1 is 1.14 bits per heavy atom. The van der Waals surface area contributed by atoms with Crippen molar-refractivity contribution in [3.63, 3.8) is 0 Å². The number of aromatic nitrogens is 2. The summed E-state index contributed by atoms with van der Waals surface area (Å²) in [7, 11) is 0. The molecule has 3 rings (SSSR count). The molecule has 1 heterocycles. The Bertz CT molecular complexity index is 898. The number of halogens is 2. The molecule has 0 fully saturated rings. The van der Waals surface area contributed by atoms with Crippen LogP contribution in [0.4, 0.5) is 14.7 Å². The molecule has 0 unspecified atom stereocenters. The second-order valence-electron chi connectivity index (χ2n) is 4.70. The highest BCUT2D eigenvalue weighted by molar-refractivity contribution is 5.79. The van der Waals surface area contributed by atoms with E-state index in [1.54, 1.807) is 18.2 Å². The van der Waals surface area contributed by atoms with Gasteiger partial charge in [-0.25, -0.2) is 18.3 Å². The average Bonchev–Trinajstić information content (AvgIpc) is 2.43. The number of para-hydroxylation sites is 1. The van der Waals surface area contributed by atoms with E-state index in [-0.39, 0.29) is 11.3 Å². The summed E-state index contributed by atoms with van der Waals surface area (Å²) in [6.07, 6.45) is 0. The van der Waals surface area contributed by atoms with Crippen LogP contribution in [0.3, 0.4) is 0 Å². The number of anilines is 1. The Kier molecular flexibility index (Phi) is 2.94. The molecule has 4 nitrogen and oxygen atoms in total. The summed E-state index contributed by atoms with van der Waals surface area (Å²) < 4.78 is 28.5. The zero-order valence-corrected chi connectivity index (χ0v) is 11.1. The van der Waals surface area contributed by atoms with E-state index in [0.717, 1.165) is 22.3 Å². The maximum Gasteiger partial charge on any atom is 0.267 e. The van der Waals surface area contributed by atoms with E-state index in [1.165, 1.54) is 6.07 Å². The first-order valence-corrected chi connectivity index (χ1v) is 6.22. The molecular weight excluding hydrogens is 276 g/mol. The Hall–Kier alpha value is -2.76. The van der Waals surface area contributed by atoms with Crippen molar-refractivity contribution in [2.24, 2.45) is 0 Å². The molecule has 2 N–H and O–H groups in total. The van der Waals surface area contributed by atoms with Gasteiger partial charge in [-0.3, -0.25) is 4.79 Å². The predicted molar refractivity (Wildman–Crippen MR) is 76.4 cm³/mol. The van der Waals surface area contributed by atoms with Crippen LogP contribution in [0.25, 0.3) is 16.6 Å². The van der Waals surface area contributed by atoms with Gasteiger partial charge < -0.3 is 5.73 Å². The number of hydrogen-bond donors (Lipinski definition) is 1. The van der Waals surface area contributed by atoms with Crippen LogP contribution >= 0.6 is 0 Å². The standard InChI is InChI=1S/C15H11F2N3O/c1-8-5-6-12-9(7-8)14(21)20(15(18)19-12)13-10(16)3-2-4-11(13)17/h2-7H,1H3,(H2,18,19). The fourth-order valence-corrected chi connectivity index (χ4v) is 2.24. The smallest absolute Gasteiger partial charge is 0.267 e. The second kappa shape index (κ2) is 4.66. The van der Waals surface area contributed by atoms with Crippen LogP contribution in [0.15, 0.2) is 41.2 Å². The summed E-state index contributed by atoms with van der Waals surface area (Å²) in [5, 5.41) is 0.256. The fraction of sp³-hybridized carbons (Fsp3) is 0.0667. The summed E-state index contributed by atoms with van der Waals surface area (Å²) in [6, 6.07) is 8.37. The normalized spacial score (nSPS) is 11.0. The zero-order valence-electron chi connectivity index (χ0n) is 11.1. The summed E-state index contributed by atoms with van der Waals surface area (Å²) in [4.78, 5) is 16.6. The predicted octanol–water partition coefficient (Wildman–Crippen LogP) is 2.55. The Morgan fingerprint density at radius 2 is 1.81 bits per heavy atom. The van der Waals surface area contributed by atoms with Crippen molar-refractivity contribution < 1.29 is 8.78 Å². The van der Waals surface area contributed by atoms with Crippen LogP contribution in [-0.2, 0) is 0 Å². The van der Waals surface area contributed by atoms with Crippen molar-refractivity contribution in [1.82, 2.24) is 9.55 Å². The lowest BCUT2D eigenvalue weighted by Crippen LogP contribution is -2.24. The molecule has 0 spiro atoms.